The summed E-state index contributed by atoms with van der Waals surface area (Å²) < 4.78 is 0. The van der Waals surface area contributed by atoms with Gasteiger partial charge in [0.2, 0.25) is 0 Å². The predicted molar refractivity (Wildman–Crippen MR) is 72.9 cm³/mol. The number of carboxylic acids is 1. The second-order valence-electron chi connectivity index (χ2n) is 7.01. The summed E-state index contributed by atoms with van der Waals surface area (Å²) in [4.78, 5) is 22.4. The van der Waals surface area contributed by atoms with Gasteiger partial charge in [-0.05, 0) is 32.6 Å². The molecule has 0 aliphatic rings. The molecule has 0 saturated carbocycles. The summed E-state index contributed by atoms with van der Waals surface area (Å²) in [5.41, 5.74) is -2.33. The summed E-state index contributed by atoms with van der Waals surface area (Å²) in [6.45, 7) is 10.8. The largest absolute Gasteiger partial charge is 0.479 e. The zero-order valence-corrected chi connectivity index (χ0v) is 12.6. The molecule has 6 nitrogen and oxygen atoms in total. The van der Waals surface area contributed by atoms with E-state index >= 15 is 0 Å². The Hall–Kier alpha value is -1.30. The smallest absolute Gasteiger partial charge is 0.337 e. The predicted octanol–water partition coefficient (Wildman–Crippen LogP) is 1.34. The molecule has 0 spiro atoms. The second-order valence-corrected chi connectivity index (χ2v) is 7.01. The fourth-order valence-corrected chi connectivity index (χ4v) is 2.05. The van der Waals surface area contributed by atoms with Gasteiger partial charge >= 0.3 is 12.0 Å². The maximum absolute atomic E-state index is 11.7. The minimum atomic E-state index is -1.97. The molecule has 0 aromatic rings. The van der Waals surface area contributed by atoms with Gasteiger partial charge in [-0.15, -0.1) is 0 Å². The van der Waals surface area contributed by atoms with Crippen molar-refractivity contribution >= 4 is 12.0 Å². The average Bonchev–Trinajstić information content (AvgIpc) is 2.09. The quantitative estimate of drug-likeness (QED) is 0.608. The number of aliphatic carboxylic acids is 1. The number of rotatable bonds is 5. The summed E-state index contributed by atoms with van der Waals surface area (Å²) in [5, 5.41) is 23.3. The lowest BCUT2D eigenvalue weighted by molar-refractivity contribution is -0.155. The number of amides is 2. The first-order valence-electron chi connectivity index (χ1n) is 6.27. The highest BCUT2D eigenvalue weighted by molar-refractivity contribution is 5.79. The molecule has 1 atom stereocenters. The molecular weight excluding hydrogens is 248 g/mol. The molecule has 0 bridgehead atoms. The van der Waals surface area contributed by atoms with Crippen molar-refractivity contribution in [2.45, 2.75) is 59.1 Å². The molecule has 2 amide bonds. The Labute approximate surface area is 114 Å². The van der Waals surface area contributed by atoms with Crippen molar-refractivity contribution in [1.82, 2.24) is 10.6 Å². The number of nitrogens with one attached hydrogen (secondary N) is 2. The third-order valence-electron chi connectivity index (χ3n) is 2.48. The Kier molecular flexibility index (Phi) is 5.38. The molecule has 0 aliphatic heterocycles. The molecule has 1 unspecified atom stereocenters. The SMILES string of the molecule is CC(C)(C)CC(C)(C)NC(=O)NCC(C)(O)C(=O)O. The molecule has 0 aromatic heterocycles. The monoisotopic (exact) mass is 274 g/mol. The van der Waals surface area contributed by atoms with Crippen molar-refractivity contribution in [2.75, 3.05) is 6.54 Å². The normalized spacial score (nSPS) is 15.5. The number of hydrogen-bond donors (Lipinski definition) is 4. The lowest BCUT2D eigenvalue weighted by Crippen LogP contribution is -2.54. The Bertz CT molecular complexity index is 343. The van der Waals surface area contributed by atoms with Gasteiger partial charge in [0.05, 0.1) is 6.54 Å². The lowest BCUT2D eigenvalue weighted by atomic mass is 9.82. The van der Waals surface area contributed by atoms with Gasteiger partial charge in [-0.25, -0.2) is 9.59 Å². The van der Waals surface area contributed by atoms with E-state index in [0.717, 1.165) is 13.3 Å². The highest BCUT2D eigenvalue weighted by Gasteiger charge is 2.31. The fraction of sp³-hybridized carbons (Fsp3) is 0.846. The fourth-order valence-electron chi connectivity index (χ4n) is 2.05. The van der Waals surface area contributed by atoms with Crippen LogP contribution in [0.25, 0.3) is 0 Å². The minimum absolute atomic E-state index is 0.0589. The van der Waals surface area contributed by atoms with E-state index in [1.807, 2.05) is 13.8 Å². The van der Waals surface area contributed by atoms with Crippen molar-refractivity contribution in [3.63, 3.8) is 0 Å². The number of carbonyl (C=O) groups excluding carboxylic acids is 1. The van der Waals surface area contributed by atoms with E-state index in [1.54, 1.807) is 0 Å². The van der Waals surface area contributed by atoms with Crippen molar-refractivity contribution < 1.29 is 19.8 Å². The van der Waals surface area contributed by atoms with Gasteiger partial charge in [0.1, 0.15) is 0 Å². The molecule has 0 fully saturated rings. The molecule has 0 radical (unpaired) electrons. The number of urea groups is 1. The van der Waals surface area contributed by atoms with E-state index in [2.05, 4.69) is 31.4 Å². The first-order chi connectivity index (χ1) is 8.25. The summed E-state index contributed by atoms with van der Waals surface area (Å²) in [6, 6.07) is -0.490. The van der Waals surface area contributed by atoms with Crippen LogP contribution in [0.1, 0.15) is 48.0 Å². The maximum atomic E-state index is 11.7. The van der Waals surface area contributed by atoms with E-state index in [9.17, 15) is 14.7 Å². The Balaban J connectivity index is 4.36. The van der Waals surface area contributed by atoms with Crippen molar-refractivity contribution in [3.05, 3.63) is 0 Å². The third-order valence-corrected chi connectivity index (χ3v) is 2.48. The van der Waals surface area contributed by atoms with E-state index in [4.69, 9.17) is 5.11 Å². The van der Waals surface area contributed by atoms with Crippen LogP contribution in [0.15, 0.2) is 0 Å². The summed E-state index contributed by atoms with van der Waals surface area (Å²) in [5.74, 6) is -1.37. The average molecular weight is 274 g/mol. The molecule has 0 saturated heterocycles. The van der Waals surface area contributed by atoms with E-state index < -0.39 is 23.1 Å². The summed E-state index contributed by atoms with van der Waals surface area (Å²) in [7, 11) is 0. The Morgan fingerprint density at radius 1 is 1.05 bits per heavy atom. The summed E-state index contributed by atoms with van der Waals surface area (Å²) >= 11 is 0. The van der Waals surface area contributed by atoms with Gasteiger partial charge in [-0.1, -0.05) is 20.8 Å². The molecule has 19 heavy (non-hydrogen) atoms. The van der Waals surface area contributed by atoms with Crippen LogP contribution in [0.4, 0.5) is 4.79 Å². The van der Waals surface area contributed by atoms with Gasteiger partial charge in [-0.2, -0.15) is 0 Å². The van der Waals surface area contributed by atoms with Crippen LogP contribution in [0, 0.1) is 5.41 Å². The highest BCUT2D eigenvalue weighted by Crippen LogP contribution is 2.26. The highest BCUT2D eigenvalue weighted by atomic mass is 16.4. The van der Waals surface area contributed by atoms with Crippen LogP contribution in [-0.2, 0) is 4.79 Å². The van der Waals surface area contributed by atoms with Gasteiger partial charge < -0.3 is 20.8 Å². The Morgan fingerprint density at radius 3 is 1.89 bits per heavy atom. The van der Waals surface area contributed by atoms with E-state index in [-0.39, 0.29) is 12.0 Å². The summed E-state index contributed by atoms with van der Waals surface area (Å²) in [6.07, 6.45) is 0.767. The van der Waals surface area contributed by atoms with E-state index in [0.29, 0.717) is 0 Å². The molecular formula is C13H26N2O4. The van der Waals surface area contributed by atoms with Gasteiger partial charge in [0, 0.05) is 5.54 Å². The Morgan fingerprint density at radius 2 is 1.53 bits per heavy atom. The second kappa shape index (κ2) is 5.77. The van der Waals surface area contributed by atoms with Gasteiger partial charge in [0.15, 0.2) is 5.60 Å². The third kappa shape index (κ3) is 7.66. The zero-order valence-electron chi connectivity index (χ0n) is 12.6. The number of carbonyl (C=O) groups is 2. The number of carboxylic acid groups (broad SMARTS) is 1. The van der Waals surface area contributed by atoms with Crippen LogP contribution in [-0.4, -0.2) is 39.9 Å². The molecule has 112 valence electrons. The molecule has 6 heteroatoms. The van der Waals surface area contributed by atoms with Gasteiger partial charge in [-0.3, -0.25) is 0 Å². The molecule has 0 aromatic carbocycles. The molecule has 4 N–H and O–H groups in total. The first kappa shape index (κ1) is 17.7. The zero-order chi connectivity index (χ0) is 15.5. The molecule has 0 heterocycles. The molecule has 0 rings (SSSR count). The van der Waals surface area contributed by atoms with Crippen molar-refractivity contribution in [3.8, 4) is 0 Å². The van der Waals surface area contributed by atoms with Crippen LogP contribution in [0.2, 0.25) is 0 Å². The van der Waals surface area contributed by atoms with Crippen LogP contribution in [0.5, 0.6) is 0 Å². The number of hydrogen-bond acceptors (Lipinski definition) is 3. The first-order valence-corrected chi connectivity index (χ1v) is 6.27. The van der Waals surface area contributed by atoms with Crippen LogP contribution < -0.4 is 10.6 Å². The standard InChI is InChI=1S/C13H26N2O4/c1-11(2,3)7-12(4,5)15-10(18)14-8-13(6,19)9(16)17/h19H,7-8H2,1-6H3,(H,16,17)(H2,14,15,18). The van der Waals surface area contributed by atoms with Crippen LogP contribution in [0.3, 0.4) is 0 Å². The van der Waals surface area contributed by atoms with E-state index in [1.165, 1.54) is 0 Å². The lowest BCUT2D eigenvalue weighted by Gasteiger charge is -2.33. The van der Waals surface area contributed by atoms with Crippen molar-refractivity contribution in [2.24, 2.45) is 5.41 Å². The molecule has 0 aliphatic carbocycles. The van der Waals surface area contributed by atoms with Crippen molar-refractivity contribution in [1.29, 1.82) is 0 Å². The number of aliphatic hydroxyl groups is 1. The maximum Gasteiger partial charge on any atom is 0.337 e. The minimum Gasteiger partial charge on any atom is -0.479 e. The van der Waals surface area contributed by atoms with Crippen LogP contribution >= 0.6 is 0 Å². The van der Waals surface area contributed by atoms with Gasteiger partial charge in [0.25, 0.3) is 0 Å². The topological polar surface area (TPSA) is 98.7 Å².